The van der Waals surface area contributed by atoms with Crippen molar-refractivity contribution in [2.24, 2.45) is 5.92 Å². The number of likely N-dealkylation sites (tertiary alicyclic amines) is 1. The van der Waals surface area contributed by atoms with Gasteiger partial charge in [0.2, 0.25) is 17.7 Å². The Morgan fingerprint density at radius 1 is 1.03 bits per heavy atom. The summed E-state index contributed by atoms with van der Waals surface area (Å²) in [4.78, 5) is 54.8. The maximum atomic E-state index is 14.6. The number of alkyl halides is 3. The topological polar surface area (TPSA) is 147 Å². The first-order valence-electron chi connectivity index (χ1n) is 19.0. The number of piperidine rings is 2. The van der Waals surface area contributed by atoms with Gasteiger partial charge in [-0.05, 0) is 137 Å². The number of nitrogens with zero attached hydrogens (tertiary/aromatic N) is 4. The fourth-order valence-corrected chi connectivity index (χ4v) is 8.01. The van der Waals surface area contributed by atoms with E-state index in [0.717, 1.165) is 41.9 Å². The van der Waals surface area contributed by atoms with Gasteiger partial charge in [0.1, 0.15) is 23.1 Å². The third kappa shape index (κ3) is 9.08. The monoisotopic (exact) mass is 821 g/mol. The molecule has 0 bridgehead atoms. The Bertz CT molecular complexity index is 2170. The SMILES string of the molecule is CCc1cc(N2C(=S)N(c3ccc(C#N)c(C(F)(F)F)c3)C(=O)C2(C)C)ccc1OCCC1CCN(CC(=O)Nc2cc(NC3CCC(=O)NC3=O)ccc2F)CC1. The second-order valence-electron chi connectivity index (χ2n) is 15.1. The number of imide groups is 1. The number of benzene rings is 3. The number of amides is 4. The molecule has 3 N–H and O–H groups in total. The van der Waals surface area contributed by atoms with E-state index in [4.69, 9.17) is 17.0 Å². The van der Waals surface area contributed by atoms with E-state index in [1.54, 1.807) is 36.9 Å². The van der Waals surface area contributed by atoms with Crippen LogP contribution in [0.4, 0.5) is 40.3 Å². The summed E-state index contributed by atoms with van der Waals surface area (Å²) in [5.74, 6) is -1.27. The fourth-order valence-electron chi connectivity index (χ4n) is 7.49. The average molecular weight is 822 g/mol. The van der Waals surface area contributed by atoms with Crippen molar-refractivity contribution in [3.8, 4) is 11.8 Å². The number of hydrogen-bond acceptors (Lipinski definition) is 9. The lowest BCUT2D eigenvalue weighted by Gasteiger charge is -2.31. The molecule has 0 aromatic heterocycles. The molecule has 3 aliphatic rings. The summed E-state index contributed by atoms with van der Waals surface area (Å²) in [7, 11) is 0. The van der Waals surface area contributed by atoms with Crippen molar-refractivity contribution in [3.05, 3.63) is 77.1 Å². The van der Waals surface area contributed by atoms with Crippen LogP contribution in [0.2, 0.25) is 0 Å². The van der Waals surface area contributed by atoms with Crippen molar-refractivity contribution in [2.75, 3.05) is 46.7 Å². The zero-order chi connectivity index (χ0) is 41.9. The maximum Gasteiger partial charge on any atom is 0.417 e. The molecule has 58 heavy (non-hydrogen) atoms. The highest BCUT2D eigenvalue weighted by Gasteiger charge is 2.51. The van der Waals surface area contributed by atoms with Gasteiger partial charge >= 0.3 is 6.18 Å². The molecule has 0 aliphatic carbocycles. The van der Waals surface area contributed by atoms with Crippen LogP contribution in [-0.4, -0.2) is 71.5 Å². The van der Waals surface area contributed by atoms with Gasteiger partial charge in [-0.1, -0.05) is 6.92 Å². The van der Waals surface area contributed by atoms with Gasteiger partial charge in [-0.25, -0.2) is 4.39 Å². The van der Waals surface area contributed by atoms with Crippen LogP contribution in [-0.2, 0) is 31.8 Å². The first-order valence-corrected chi connectivity index (χ1v) is 19.4. The van der Waals surface area contributed by atoms with Crippen molar-refractivity contribution >= 4 is 63.7 Å². The second kappa shape index (κ2) is 17.1. The van der Waals surface area contributed by atoms with E-state index in [-0.39, 0.29) is 41.3 Å². The van der Waals surface area contributed by atoms with E-state index in [9.17, 15) is 42.0 Å². The number of carbonyl (C=O) groups is 4. The van der Waals surface area contributed by atoms with Crippen LogP contribution >= 0.6 is 12.2 Å². The van der Waals surface area contributed by atoms with Gasteiger partial charge in [-0.2, -0.15) is 18.4 Å². The molecule has 17 heteroatoms. The van der Waals surface area contributed by atoms with E-state index < -0.39 is 46.5 Å². The van der Waals surface area contributed by atoms with Crippen LogP contribution in [0.5, 0.6) is 5.75 Å². The number of aryl methyl sites for hydroxylation is 1. The molecule has 306 valence electrons. The minimum atomic E-state index is -4.80. The highest BCUT2D eigenvalue weighted by Crippen LogP contribution is 2.41. The molecule has 3 heterocycles. The zero-order valence-electron chi connectivity index (χ0n) is 32.2. The van der Waals surface area contributed by atoms with Gasteiger partial charge in [-0.15, -0.1) is 0 Å². The maximum absolute atomic E-state index is 14.6. The van der Waals surface area contributed by atoms with Crippen LogP contribution in [0.1, 0.15) is 69.6 Å². The smallest absolute Gasteiger partial charge is 0.417 e. The number of halogens is 4. The Balaban J connectivity index is 1.00. The summed E-state index contributed by atoms with van der Waals surface area (Å²) < 4.78 is 62.1. The van der Waals surface area contributed by atoms with Gasteiger partial charge in [0.05, 0.1) is 41.7 Å². The predicted molar refractivity (Wildman–Crippen MR) is 213 cm³/mol. The molecule has 0 spiro atoms. The molecule has 12 nitrogen and oxygen atoms in total. The highest BCUT2D eigenvalue weighted by molar-refractivity contribution is 7.81. The van der Waals surface area contributed by atoms with Gasteiger partial charge in [0.15, 0.2) is 5.11 Å². The molecule has 0 radical (unpaired) electrons. The molecular formula is C41H43F4N7O5S. The highest BCUT2D eigenvalue weighted by atomic mass is 32.1. The first kappa shape index (κ1) is 42.0. The molecule has 1 unspecified atom stereocenters. The minimum absolute atomic E-state index is 0.00748. The van der Waals surface area contributed by atoms with Crippen LogP contribution in [0.15, 0.2) is 54.6 Å². The largest absolute Gasteiger partial charge is 0.493 e. The molecule has 0 saturated carbocycles. The Kier molecular flexibility index (Phi) is 12.4. The van der Waals surface area contributed by atoms with E-state index in [1.165, 1.54) is 24.3 Å². The number of nitriles is 1. The van der Waals surface area contributed by atoms with Crippen molar-refractivity contribution in [1.82, 2.24) is 10.2 Å². The molecule has 3 fully saturated rings. The van der Waals surface area contributed by atoms with Crippen molar-refractivity contribution in [3.63, 3.8) is 0 Å². The molecule has 1 atom stereocenters. The normalized spacial score (nSPS) is 18.9. The number of hydrogen-bond donors (Lipinski definition) is 3. The molecular weight excluding hydrogens is 779 g/mol. The number of rotatable bonds is 12. The Hall–Kier alpha value is -5.60. The number of ether oxygens (including phenoxy) is 1. The molecule has 3 aromatic carbocycles. The molecule has 3 saturated heterocycles. The first-order chi connectivity index (χ1) is 27.5. The van der Waals surface area contributed by atoms with Crippen molar-refractivity contribution < 1.29 is 41.5 Å². The average Bonchev–Trinajstić information content (AvgIpc) is 3.36. The summed E-state index contributed by atoms with van der Waals surface area (Å²) in [5, 5.41) is 17.1. The summed E-state index contributed by atoms with van der Waals surface area (Å²) in [6.45, 7) is 7.13. The number of anilines is 4. The van der Waals surface area contributed by atoms with Crippen LogP contribution in [0.25, 0.3) is 0 Å². The summed E-state index contributed by atoms with van der Waals surface area (Å²) >= 11 is 5.70. The van der Waals surface area contributed by atoms with Gasteiger partial charge in [-0.3, -0.25) is 34.3 Å². The van der Waals surface area contributed by atoms with Crippen molar-refractivity contribution in [1.29, 1.82) is 5.26 Å². The fraction of sp³-hybridized carbons (Fsp3) is 0.415. The van der Waals surface area contributed by atoms with E-state index in [1.807, 2.05) is 17.9 Å². The van der Waals surface area contributed by atoms with Crippen LogP contribution in [0.3, 0.4) is 0 Å². The zero-order valence-corrected chi connectivity index (χ0v) is 33.0. The van der Waals surface area contributed by atoms with E-state index in [0.29, 0.717) is 55.6 Å². The third-order valence-corrected chi connectivity index (χ3v) is 11.1. The van der Waals surface area contributed by atoms with E-state index in [2.05, 4.69) is 16.0 Å². The predicted octanol–water partition coefficient (Wildman–Crippen LogP) is 6.53. The number of carbonyl (C=O) groups excluding carboxylic acids is 4. The lowest BCUT2D eigenvalue weighted by Crippen LogP contribution is -2.47. The Morgan fingerprint density at radius 3 is 2.43 bits per heavy atom. The number of thiocarbonyl (C=S) groups is 1. The van der Waals surface area contributed by atoms with Gasteiger partial charge in [0, 0.05) is 17.8 Å². The number of nitrogens with one attached hydrogen (secondary N) is 3. The lowest BCUT2D eigenvalue weighted by molar-refractivity contribution is -0.138. The van der Waals surface area contributed by atoms with Gasteiger partial charge in [0.25, 0.3) is 5.91 Å². The molecule has 3 aliphatic heterocycles. The van der Waals surface area contributed by atoms with Crippen molar-refractivity contribution in [2.45, 2.75) is 77.1 Å². The Morgan fingerprint density at radius 2 is 1.76 bits per heavy atom. The summed E-state index contributed by atoms with van der Waals surface area (Å²) in [6.07, 6.45) is -1.25. The second-order valence-corrected chi connectivity index (χ2v) is 15.4. The third-order valence-electron chi connectivity index (χ3n) is 10.7. The molecule has 6 rings (SSSR count). The summed E-state index contributed by atoms with van der Waals surface area (Å²) in [5.41, 5.74) is -1.16. The van der Waals surface area contributed by atoms with E-state index >= 15 is 0 Å². The lowest BCUT2D eigenvalue weighted by atomic mass is 9.94. The standard InChI is InChI=1S/C41H43F4N7O5S/c1-4-25-19-29(52-39(58)51(38(56)40(52,2)3)28-7-5-26(22-46)30(21-28)41(43,44)45)8-11-34(25)57-18-15-24-13-16-50(17-14-24)23-36(54)48-33-20-27(6-9-31(33)42)47-32-10-12-35(53)49-37(32)55/h5-9,11,19-21,24,32,47H,4,10,12-18,23H2,1-3H3,(H,48,54)(H,49,53,55). The van der Waals surface area contributed by atoms with Crippen LogP contribution < -0.4 is 30.5 Å². The van der Waals surface area contributed by atoms with Crippen LogP contribution in [0, 0.1) is 23.1 Å². The molecule has 4 amide bonds. The summed E-state index contributed by atoms with van der Waals surface area (Å²) in [6, 6.07) is 13.5. The quantitative estimate of drug-likeness (QED) is 0.105. The molecule has 3 aromatic rings. The van der Waals surface area contributed by atoms with Gasteiger partial charge < -0.3 is 20.3 Å². The minimum Gasteiger partial charge on any atom is -0.493 e. The Labute approximate surface area is 338 Å².